The molecule has 0 aliphatic carbocycles. The van der Waals surface area contributed by atoms with Crippen LogP contribution in [-0.2, 0) is 19.7 Å². The summed E-state index contributed by atoms with van der Waals surface area (Å²) in [4.78, 5) is 1.90. The molecule has 0 spiro atoms. The predicted molar refractivity (Wildman–Crippen MR) is 60.6 cm³/mol. The van der Waals surface area contributed by atoms with Gasteiger partial charge in [0.05, 0.1) is 23.0 Å². The topological polar surface area (TPSA) is 97.5 Å². The molecule has 2 fully saturated rings. The van der Waals surface area contributed by atoms with Crippen molar-refractivity contribution in [1.29, 1.82) is 0 Å². The lowest BCUT2D eigenvalue weighted by Crippen LogP contribution is -2.52. The summed E-state index contributed by atoms with van der Waals surface area (Å²) in [5.74, 6) is 0.293. The third-order valence-corrected chi connectivity index (χ3v) is 6.56. The summed E-state index contributed by atoms with van der Waals surface area (Å²) in [5.41, 5.74) is 5.78. The first-order valence-corrected chi connectivity index (χ1v) is 8.84. The Bertz CT molecular complexity index is 456. The fourth-order valence-electron chi connectivity index (χ4n) is 2.29. The molecule has 94 valence electrons. The quantitative estimate of drug-likeness (QED) is 0.582. The molecule has 2 atom stereocenters. The second-order valence-electron chi connectivity index (χ2n) is 4.50. The summed E-state index contributed by atoms with van der Waals surface area (Å²) in [7, 11) is -5.96. The number of hydrogen-bond donors (Lipinski definition) is 1. The van der Waals surface area contributed by atoms with E-state index in [4.69, 9.17) is 5.73 Å². The minimum atomic E-state index is -3.04. The normalized spacial score (nSPS) is 38.6. The summed E-state index contributed by atoms with van der Waals surface area (Å²) in [6.07, 6.45) is 0. The molecular weight excluding hydrogens is 252 g/mol. The highest BCUT2D eigenvalue weighted by molar-refractivity contribution is 7.92. The fraction of sp³-hybridized carbons (Fsp3) is 1.00. The van der Waals surface area contributed by atoms with Crippen LogP contribution in [0, 0.1) is 0 Å². The largest absolute Gasteiger partial charge is 0.325 e. The molecule has 0 bridgehead atoms. The summed E-state index contributed by atoms with van der Waals surface area (Å²) < 4.78 is 45.3. The van der Waals surface area contributed by atoms with E-state index in [1.807, 2.05) is 4.90 Å². The van der Waals surface area contributed by atoms with Crippen molar-refractivity contribution >= 4 is 19.7 Å². The molecule has 2 saturated heterocycles. The maximum Gasteiger partial charge on any atom is 0.153 e. The molecule has 0 radical (unpaired) electrons. The maximum atomic E-state index is 11.4. The van der Waals surface area contributed by atoms with Crippen molar-refractivity contribution in [1.82, 2.24) is 4.90 Å². The van der Waals surface area contributed by atoms with Crippen LogP contribution in [0.5, 0.6) is 0 Å². The average molecular weight is 268 g/mol. The molecule has 2 heterocycles. The lowest BCUT2D eigenvalue weighted by molar-refractivity contribution is 0.214. The van der Waals surface area contributed by atoms with Crippen LogP contribution in [0.4, 0.5) is 0 Å². The Morgan fingerprint density at radius 3 is 1.94 bits per heavy atom. The molecule has 2 rings (SSSR count). The van der Waals surface area contributed by atoms with E-state index in [-0.39, 0.29) is 35.1 Å². The molecule has 16 heavy (non-hydrogen) atoms. The first kappa shape index (κ1) is 12.3. The van der Waals surface area contributed by atoms with Crippen LogP contribution >= 0.6 is 0 Å². The molecular formula is C8H16N2O4S2. The monoisotopic (exact) mass is 268 g/mol. The van der Waals surface area contributed by atoms with Crippen molar-refractivity contribution in [3.63, 3.8) is 0 Å². The summed E-state index contributed by atoms with van der Waals surface area (Å²) in [5, 5.41) is 0. The van der Waals surface area contributed by atoms with Gasteiger partial charge in [-0.25, -0.2) is 16.8 Å². The Morgan fingerprint density at radius 1 is 0.938 bits per heavy atom. The van der Waals surface area contributed by atoms with Crippen LogP contribution in [-0.4, -0.2) is 69.9 Å². The zero-order valence-corrected chi connectivity index (χ0v) is 10.5. The third kappa shape index (κ3) is 2.55. The summed E-state index contributed by atoms with van der Waals surface area (Å²) >= 11 is 0. The van der Waals surface area contributed by atoms with Crippen molar-refractivity contribution in [2.75, 3.05) is 36.1 Å². The highest BCUT2D eigenvalue weighted by Gasteiger charge is 2.40. The van der Waals surface area contributed by atoms with Crippen molar-refractivity contribution < 1.29 is 16.8 Å². The Hall–Kier alpha value is -0.180. The van der Waals surface area contributed by atoms with Gasteiger partial charge in [0.2, 0.25) is 0 Å². The van der Waals surface area contributed by atoms with Crippen molar-refractivity contribution in [3.8, 4) is 0 Å². The van der Waals surface area contributed by atoms with Gasteiger partial charge in [-0.15, -0.1) is 0 Å². The van der Waals surface area contributed by atoms with Gasteiger partial charge >= 0.3 is 0 Å². The standard InChI is InChI=1S/C8H16N2O4S2/c9-7-5-16(13,14)6-8(7)10-1-3-15(11,12)4-2-10/h7-8H,1-6,9H2. The van der Waals surface area contributed by atoms with E-state index in [0.29, 0.717) is 13.1 Å². The molecule has 2 aliphatic heterocycles. The summed E-state index contributed by atoms with van der Waals surface area (Å²) in [6.45, 7) is 0.798. The Morgan fingerprint density at radius 2 is 1.50 bits per heavy atom. The Balaban J connectivity index is 2.05. The molecule has 6 nitrogen and oxygen atoms in total. The van der Waals surface area contributed by atoms with Crippen LogP contribution in [0.15, 0.2) is 0 Å². The third-order valence-electron chi connectivity index (χ3n) is 3.21. The lowest BCUT2D eigenvalue weighted by Gasteiger charge is -2.33. The van der Waals surface area contributed by atoms with Gasteiger partial charge in [0.25, 0.3) is 0 Å². The van der Waals surface area contributed by atoms with E-state index in [2.05, 4.69) is 0 Å². The number of sulfone groups is 2. The Labute approximate surface area is 95.6 Å². The number of nitrogens with zero attached hydrogens (tertiary/aromatic N) is 1. The van der Waals surface area contributed by atoms with Crippen LogP contribution in [0.25, 0.3) is 0 Å². The van der Waals surface area contributed by atoms with E-state index in [1.165, 1.54) is 0 Å². The van der Waals surface area contributed by atoms with Gasteiger partial charge in [-0.3, -0.25) is 4.90 Å². The fourth-order valence-corrected chi connectivity index (χ4v) is 5.44. The minimum absolute atomic E-state index is 0.0148. The van der Waals surface area contributed by atoms with Crippen LogP contribution in [0.1, 0.15) is 0 Å². The van der Waals surface area contributed by atoms with Crippen LogP contribution in [0.2, 0.25) is 0 Å². The molecule has 8 heteroatoms. The highest BCUT2D eigenvalue weighted by Crippen LogP contribution is 2.19. The first-order valence-electron chi connectivity index (χ1n) is 5.20. The van der Waals surface area contributed by atoms with E-state index >= 15 is 0 Å². The summed E-state index contributed by atoms with van der Waals surface area (Å²) in [6, 6.07) is -0.591. The van der Waals surface area contributed by atoms with Crippen molar-refractivity contribution in [3.05, 3.63) is 0 Å². The Kier molecular flexibility index (Phi) is 3.02. The number of rotatable bonds is 1. The second kappa shape index (κ2) is 3.94. The molecule has 2 aliphatic rings. The lowest BCUT2D eigenvalue weighted by atomic mass is 10.1. The van der Waals surface area contributed by atoms with E-state index < -0.39 is 19.7 Å². The molecule has 0 aromatic rings. The smallest absolute Gasteiger partial charge is 0.153 e. The van der Waals surface area contributed by atoms with Crippen LogP contribution in [0.3, 0.4) is 0 Å². The molecule has 0 aromatic carbocycles. The predicted octanol–water partition coefficient (Wildman–Crippen LogP) is -2.16. The van der Waals surface area contributed by atoms with E-state index in [1.54, 1.807) is 0 Å². The minimum Gasteiger partial charge on any atom is -0.325 e. The first-order chi connectivity index (χ1) is 7.29. The van der Waals surface area contributed by atoms with Crippen molar-refractivity contribution in [2.24, 2.45) is 5.73 Å². The SMILES string of the molecule is NC1CS(=O)(=O)CC1N1CCS(=O)(=O)CC1. The zero-order chi connectivity index (χ0) is 12.0. The molecule has 2 N–H and O–H groups in total. The highest BCUT2D eigenvalue weighted by atomic mass is 32.2. The zero-order valence-electron chi connectivity index (χ0n) is 8.87. The molecule has 2 unspecified atom stereocenters. The maximum absolute atomic E-state index is 11.4. The van der Waals surface area contributed by atoms with E-state index in [0.717, 1.165) is 0 Å². The number of hydrogen-bond acceptors (Lipinski definition) is 6. The van der Waals surface area contributed by atoms with Gasteiger partial charge in [0.1, 0.15) is 0 Å². The second-order valence-corrected chi connectivity index (χ2v) is 8.95. The van der Waals surface area contributed by atoms with E-state index in [9.17, 15) is 16.8 Å². The molecule has 0 aromatic heterocycles. The number of nitrogens with two attached hydrogens (primary N) is 1. The molecule has 0 amide bonds. The van der Waals surface area contributed by atoms with Crippen LogP contribution < -0.4 is 5.73 Å². The average Bonchev–Trinajstić information content (AvgIpc) is 2.40. The van der Waals surface area contributed by atoms with Gasteiger partial charge in [-0.05, 0) is 0 Å². The van der Waals surface area contributed by atoms with Gasteiger partial charge in [0, 0.05) is 25.2 Å². The van der Waals surface area contributed by atoms with Gasteiger partial charge in [-0.1, -0.05) is 0 Å². The molecule has 0 saturated carbocycles. The van der Waals surface area contributed by atoms with Gasteiger partial charge in [0.15, 0.2) is 19.7 Å². The van der Waals surface area contributed by atoms with Crippen molar-refractivity contribution in [2.45, 2.75) is 12.1 Å². The van der Waals surface area contributed by atoms with Gasteiger partial charge in [-0.2, -0.15) is 0 Å². The van der Waals surface area contributed by atoms with Gasteiger partial charge < -0.3 is 5.73 Å².